The van der Waals surface area contributed by atoms with Crippen LogP contribution in [0.3, 0.4) is 0 Å². The van der Waals surface area contributed by atoms with Gasteiger partial charge in [0.15, 0.2) is 0 Å². The Bertz CT molecular complexity index is 1360. The van der Waals surface area contributed by atoms with E-state index in [1.807, 2.05) is 6.07 Å². The molecule has 6 nitrogen and oxygen atoms in total. The van der Waals surface area contributed by atoms with E-state index >= 15 is 0 Å². The first-order valence-corrected chi connectivity index (χ1v) is 12.7. The molecule has 0 radical (unpaired) electrons. The van der Waals surface area contributed by atoms with E-state index in [1.54, 1.807) is 12.1 Å². The molecule has 2 saturated heterocycles. The number of benzene rings is 2. The second-order valence-corrected chi connectivity index (χ2v) is 10.2. The fourth-order valence-electron chi connectivity index (χ4n) is 5.86. The third kappa shape index (κ3) is 4.83. The van der Waals surface area contributed by atoms with E-state index < -0.39 is 12.2 Å². The molecule has 2 bridgehead atoms. The third-order valence-corrected chi connectivity index (χ3v) is 7.66. The maximum Gasteiger partial charge on any atom is 0.573 e. The number of hydrogen-bond acceptors (Lipinski definition) is 6. The summed E-state index contributed by atoms with van der Waals surface area (Å²) in [7, 11) is 0. The van der Waals surface area contributed by atoms with Crippen molar-refractivity contribution in [2.24, 2.45) is 0 Å². The SMILES string of the molecule is N#Cc1ccc(N2[C@@H]3CC[C@H]2CC(OCc2c(-c4ccccc4OC(F)(F)F)noc2C2CC2)C3)cc1F. The summed E-state index contributed by atoms with van der Waals surface area (Å²) in [4.78, 5) is 2.23. The van der Waals surface area contributed by atoms with Crippen molar-refractivity contribution >= 4 is 5.69 Å². The Morgan fingerprint density at radius 1 is 1.05 bits per heavy atom. The van der Waals surface area contributed by atoms with Crippen molar-refractivity contribution < 1.29 is 31.6 Å². The van der Waals surface area contributed by atoms with Crippen molar-refractivity contribution in [2.75, 3.05) is 4.90 Å². The molecule has 0 spiro atoms. The second-order valence-electron chi connectivity index (χ2n) is 10.2. The van der Waals surface area contributed by atoms with Crippen molar-refractivity contribution in [3.8, 4) is 23.1 Å². The van der Waals surface area contributed by atoms with Crippen LogP contribution in [0.25, 0.3) is 11.3 Å². The van der Waals surface area contributed by atoms with Gasteiger partial charge in [0.2, 0.25) is 0 Å². The number of hydrogen-bond donors (Lipinski definition) is 0. The Morgan fingerprint density at radius 2 is 1.79 bits per heavy atom. The Balaban J connectivity index is 1.20. The molecular formula is C28H25F4N3O3. The number of ether oxygens (including phenoxy) is 2. The largest absolute Gasteiger partial charge is 0.573 e. The van der Waals surface area contributed by atoms with Crippen LogP contribution in [0.1, 0.15) is 61.3 Å². The first-order valence-electron chi connectivity index (χ1n) is 12.7. The fourth-order valence-corrected chi connectivity index (χ4v) is 5.86. The minimum absolute atomic E-state index is 0.0255. The van der Waals surface area contributed by atoms with Crippen LogP contribution in [0.5, 0.6) is 5.75 Å². The summed E-state index contributed by atoms with van der Waals surface area (Å²) in [5.41, 5.74) is 1.97. The maximum atomic E-state index is 14.3. The number of para-hydroxylation sites is 1. The van der Waals surface area contributed by atoms with Gasteiger partial charge in [-0.05, 0) is 68.9 Å². The van der Waals surface area contributed by atoms with E-state index in [0.29, 0.717) is 17.0 Å². The normalized spacial score (nSPS) is 22.9. The topological polar surface area (TPSA) is 71.5 Å². The first kappa shape index (κ1) is 24.7. The van der Waals surface area contributed by atoms with Gasteiger partial charge < -0.3 is 18.9 Å². The number of rotatable bonds is 7. The van der Waals surface area contributed by atoms with Gasteiger partial charge in [0.1, 0.15) is 29.1 Å². The van der Waals surface area contributed by atoms with Crippen molar-refractivity contribution in [2.45, 2.75) is 75.6 Å². The zero-order valence-electron chi connectivity index (χ0n) is 20.4. The van der Waals surface area contributed by atoms with E-state index in [9.17, 15) is 17.6 Å². The van der Waals surface area contributed by atoms with Gasteiger partial charge in [0.05, 0.1) is 18.3 Å². The van der Waals surface area contributed by atoms with Crippen LogP contribution in [0.15, 0.2) is 47.0 Å². The second kappa shape index (κ2) is 9.62. The van der Waals surface area contributed by atoms with Gasteiger partial charge in [-0.25, -0.2) is 4.39 Å². The van der Waals surface area contributed by atoms with Crippen LogP contribution in [0, 0.1) is 17.1 Å². The number of nitrogens with zero attached hydrogens (tertiary/aromatic N) is 3. The summed E-state index contributed by atoms with van der Waals surface area (Å²) >= 11 is 0. The highest BCUT2D eigenvalue weighted by Crippen LogP contribution is 2.46. The number of piperidine rings is 1. The average molecular weight is 528 g/mol. The van der Waals surface area contributed by atoms with Crippen molar-refractivity contribution in [3.05, 3.63) is 65.2 Å². The smallest absolute Gasteiger partial charge is 0.405 e. The van der Waals surface area contributed by atoms with Gasteiger partial charge in [-0.2, -0.15) is 5.26 Å². The molecule has 2 aliphatic heterocycles. The van der Waals surface area contributed by atoms with Crippen LogP contribution < -0.4 is 9.64 Å². The van der Waals surface area contributed by atoms with Crippen LogP contribution in [-0.2, 0) is 11.3 Å². The van der Waals surface area contributed by atoms with Crippen molar-refractivity contribution in [3.63, 3.8) is 0 Å². The van der Waals surface area contributed by atoms with Crippen molar-refractivity contribution in [1.29, 1.82) is 5.26 Å². The standard InChI is InChI=1S/C28H25F4N3O3/c29-24-13-20(8-7-17(24)14-33)35-18-9-10-19(35)12-21(11-18)36-15-23-26(34-38-27(23)16-5-6-16)22-3-1-2-4-25(22)37-28(30,31)32/h1-4,7-8,13,16,18-19,21H,5-6,9-12,15H2/t18-,19+,21?. The summed E-state index contributed by atoms with van der Waals surface area (Å²) < 4.78 is 69.6. The zero-order chi connectivity index (χ0) is 26.4. The molecule has 198 valence electrons. The minimum Gasteiger partial charge on any atom is -0.405 e. The molecule has 1 aliphatic carbocycles. The Morgan fingerprint density at radius 3 is 2.45 bits per heavy atom. The molecule has 3 heterocycles. The number of alkyl halides is 3. The number of anilines is 1. The van der Waals surface area contributed by atoms with E-state index in [0.717, 1.165) is 44.2 Å². The highest BCUT2D eigenvalue weighted by atomic mass is 19.4. The monoisotopic (exact) mass is 527 g/mol. The molecule has 10 heteroatoms. The Kier molecular flexibility index (Phi) is 6.26. The van der Waals surface area contributed by atoms with E-state index in [4.69, 9.17) is 14.5 Å². The van der Waals surface area contributed by atoms with Gasteiger partial charge in [-0.1, -0.05) is 17.3 Å². The van der Waals surface area contributed by atoms with Gasteiger partial charge in [-0.15, -0.1) is 13.2 Å². The highest BCUT2D eigenvalue weighted by Gasteiger charge is 2.42. The lowest BCUT2D eigenvalue weighted by molar-refractivity contribution is -0.274. The van der Waals surface area contributed by atoms with Gasteiger partial charge >= 0.3 is 6.36 Å². The molecule has 1 unspecified atom stereocenters. The molecule has 3 atom stereocenters. The zero-order valence-corrected chi connectivity index (χ0v) is 20.4. The van der Waals surface area contributed by atoms with Crippen LogP contribution >= 0.6 is 0 Å². The summed E-state index contributed by atoms with van der Waals surface area (Å²) in [6, 6.07) is 12.9. The minimum atomic E-state index is -4.83. The number of fused-ring (bicyclic) bond motifs is 2. The molecule has 0 N–H and O–H groups in total. The van der Waals surface area contributed by atoms with Crippen molar-refractivity contribution in [1.82, 2.24) is 5.16 Å². The summed E-state index contributed by atoms with van der Waals surface area (Å²) in [6.45, 7) is 0.167. The van der Waals surface area contributed by atoms with Gasteiger partial charge in [0.25, 0.3) is 0 Å². The summed E-state index contributed by atoms with van der Waals surface area (Å²) in [5, 5.41) is 13.2. The molecule has 3 aromatic rings. The number of halogens is 4. The van der Waals surface area contributed by atoms with Gasteiger partial charge in [-0.3, -0.25) is 0 Å². The van der Waals surface area contributed by atoms with Crippen LogP contribution in [0.4, 0.5) is 23.2 Å². The quantitative estimate of drug-likeness (QED) is 0.313. The molecule has 1 aromatic heterocycles. The molecule has 6 rings (SSSR count). The first-order chi connectivity index (χ1) is 18.3. The lowest BCUT2D eigenvalue weighted by Gasteiger charge is -2.40. The van der Waals surface area contributed by atoms with E-state index in [-0.39, 0.29) is 47.6 Å². The Labute approximate surface area is 216 Å². The third-order valence-electron chi connectivity index (χ3n) is 7.66. The lowest BCUT2D eigenvalue weighted by Crippen LogP contribution is -2.45. The molecular weight excluding hydrogens is 502 g/mol. The lowest BCUT2D eigenvalue weighted by atomic mass is 9.98. The van der Waals surface area contributed by atoms with Crippen LogP contribution in [-0.4, -0.2) is 29.7 Å². The van der Waals surface area contributed by atoms with Crippen LogP contribution in [0.2, 0.25) is 0 Å². The summed E-state index contributed by atoms with van der Waals surface area (Å²) in [5.74, 6) is -0.00632. The number of aromatic nitrogens is 1. The molecule has 38 heavy (non-hydrogen) atoms. The molecule has 3 fully saturated rings. The average Bonchev–Trinajstić information content (AvgIpc) is 3.58. The fraction of sp³-hybridized carbons (Fsp3) is 0.429. The molecule has 2 aromatic carbocycles. The molecule has 3 aliphatic rings. The summed E-state index contributed by atoms with van der Waals surface area (Å²) in [6.07, 6.45) is 0.374. The van der Waals surface area contributed by atoms with Gasteiger partial charge in [0, 0.05) is 34.8 Å². The number of nitriles is 1. The molecule has 1 saturated carbocycles. The predicted octanol–water partition coefficient (Wildman–Crippen LogP) is 6.84. The molecule has 0 amide bonds. The van der Waals surface area contributed by atoms with E-state index in [2.05, 4.69) is 14.8 Å². The van der Waals surface area contributed by atoms with E-state index in [1.165, 1.54) is 30.3 Å². The Hall–Kier alpha value is -3.58. The highest BCUT2D eigenvalue weighted by molar-refractivity contribution is 5.70. The predicted molar refractivity (Wildman–Crippen MR) is 129 cm³/mol. The maximum absolute atomic E-state index is 14.3.